The number of aromatic nitrogens is 3. The Balaban J connectivity index is 1.70. The molecule has 1 aliphatic rings. The Hall–Kier alpha value is -2.64. The van der Waals surface area contributed by atoms with E-state index in [1.165, 1.54) is 6.26 Å². The highest BCUT2D eigenvalue weighted by Crippen LogP contribution is 2.26. The lowest BCUT2D eigenvalue weighted by Gasteiger charge is -2.35. The van der Waals surface area contributed by atoms with Gasteiger partial charge in [-0.3, -0.25) is 9.59 Å². The van der Waals surface area contributed by atoms with Crippen molar-refractivity contribution >= 4 is 11.8 Å². The average molecular weight is 359 g/mol. The first-order chi connectivity index (χ1) is 12.5. The van der Waals surface area contributed by atoms with Crippen molar-refractivity contribution in [3.8, 4) is 0 Å². The maximum Gasteiger partial charge on any atom is 0.287 e. The van der Waals surface area contributed by atoms with E-state index in [4.69, 9.17) is 4.42 Å². The molecule has 8 heteroatoms. The molecule has 1 aliphatic heterocycles. The number of rotatable bonds is 5. The Morgan fingerprint density at radius 1 is 1.38 bits per heavy atom. The van der Waals surface area contributed by atoms with Gasteiger partial charge in [0.25, 0.3) is 5.91 Å². The number of likely N-dealkylation sites (tertiary alicyclic amines) is 1. The van der Waals surface area contributed by atoms with Crippen LogP contribution in [-0.4, -0.2) is 50.6 Å². The van der Waals surface area contributed by atoms with Gasteiger partial charge in [0.15, 0.2) is 5.76 Å². The van der Waals surface area contributed by atoms with Gasteiger partial charge in [-0.2, -0.15) is 0 Å². The van der Waals surface area contributed by atoms with Gasteiger partial charge in [0, 0.05) is 26.1 Å². The topological polar surface area (TPSA) is 93.3 Å². The van der Waals surface area contributed by atoms with Crippen LogP contribution in [0.4, 0.5) is 0 Å². The summed E-state index contributed by atoms with van der Waals surface area (Å²) in [5, 5.41) is 10.9. The van der Waals surface area contributed by atoms with Crippen molar-refractivity contribution in [2.24, 2.45) is 13.0 Å². The normalized spacial score (nSPS) is 18.8. The number of piperidine rings is 1. The maximum atomic E-state index is 13.1. The first kappa shape index (κ1) is 18.2. The van der Waals surface area contributed by atoms with E-state index in [2.05, 4.69) is 15.5 Å². The molecule has 0 aromatic carbocycles. The molecule has 1 N–H and O–H groups in total. The van der Waals surface area contributed by atoms with Crippen LogP contribution in [0, 0.1) is 5.92 Å². The number of nitrogens with zero attached hydrogens (tertiary/aromatic N) is 4. The second-order valence-corrected chi connectivity index (χ2v) is 7.10. The lowest BCUT2D eigenvalue weighted by Crippen LogP contribution is -2.53. The third-order valence-corrected chi connectivity index (χ3v) is 4.81. The van der Waals surface area contributed by atoms with Crippen LogP contribution in [0.5, 0.6) is 0 Å². The molecule has 140 valence electrons. The van der Waals surface area contributed by atoms with E-state index in [9.17, 15) is 9.59 Å². The van der Waals surface area contributed by atoms with Crippen LogP contribution in [0.25, 0.3) is 0 Å². The van der Waals surface area contributed by atoms with Crippen LogP contribution < -0.4 is 5.32 Å². The maximum absolute atomic E-state index is 13.1. The average Bonchev–Trinajstić information content (AvgIpc) is 3.30. The number of aryl methyl sites for hydroxylation is 1. The second kappa shape index (κ2) is 7.72. The fraction of sp³-hybridized carbons (Fsp3) is 0.556. The van der Waals surface area contributed by atoms with Gasteiger partial charge in [0.2, 0.25) is 5.91 Å². The minimum atomic E-state index is -0.592. The minimum absolute atomic E-state index is 0.0309. The summed E-state index contributed by atoms with van der Waals surface area (Å²) in [7, 11) is 1.91. The van der Waals surface area contributed by atoms with Gasteiger partial charge >= 0.3 is 0 Å². The zero-order valence-electron chi connectivity index (χ0n) is 15.4. The molecule has 0 radical (unpaired) electrons. The van der Waals surface area contributed by atoms with Crippen molar-refractivity contribution in [2.45, 2.75) is 38.6 Å². The highest BCUT2D eigenvalue weighted by molar-refractivity contribution is 5.95. The minimum Gasteiger partial charge on any atom is -0.459 e. The van der Waals surface area contributed by atoms with Gasteiger partial charge in [-0.1, -0.05) is 13.8 Å². The monoisotopic (exact) mass is 359 g/mol. The van der Waals surface area contributed by atoms with Crippen LogP contribution in [0.15, 0.2) is 29.1 Å². The number of hydrogen-bond donors (Lipinski definition) is 1. The quantitative estimate of drug-likeness (QED) is 0.875. The molecule has 3 heterocycles. The van der Waals surface area contributed by atoms with E-state index in [0.717, 1.165) is 18.7 Å². The number of nitrogens with one attached hydrogen (secondary N) is 1. The summed E-state index contributed by atoms with van der Waals surface area (Å²) < 4.78 is 7.03. The zero-order chi connectivity index (χ0) is 18.7. The predicted molar refractivity (Wildman–Crippen MR) is 94.4 cm³/mol. The number of carbonyl (C=O) groups is 2. The van der Waals surface area contributed by atoms with Crippen molar-refractivity contribution in [1.82, 2.24) is 25.0 Å². The van der Waals surface area contributed by atoms with Gasteiger partial charge in [0.05, 0.1) is 6.26 Å². The van der Waals surface area contributed by atoms with Gasteiger partial charge in [-0.25, -0.2) is 0 Å². The van der Waals surface area contributed by atoms with E-state index in [0.29, 0.717) is 13.1 Å². The Bertz CT molecular complexity index is 753. The molecule has 8 nitrogen and oxygen atoms in total. The standard InChI is InChI=1S/C18H25N5O3/c1-12(2)15(20-17(24)14-7-5-9-26-14)18(25)23-8-4-6-13(10-23)16-21-19-11-22(16)3/h5,7,9,11-13,15H,4,6,8,10H2,1-3H3,(H,20,24)/t13-,15+/m0/s1. The molecule has 0 saturated carbocycles. The number of carbonyl (C=O) groups excluding carboxylic acids is 2. The van der Waals surface area contributed by atoms with Crippen LogP contribution >= 0.6 is 0 Å². The molecule has 0 spiro atoms. The molecule has 3 rings (SSSR count). The molecule has 2 aromatic heterocycles. The Labute approximate surface area is 152 Å². The van der Waals surface area contributed by atoms with Crippen molar-refractivity contribution < 1.29 is 14.0 Å². The molecule has 0 bridgehead atoms. The first-order valence-electron chi connectivity index (χ1n) is 8.94. The van der Waals surface area contributed by atoms with E-state index in [1.807, 2.05) is 30.4 Å². The Kier molecular flexibility index (Phi) is 5.39. The summed E-state index contributed by atoms with van der Waals surface area (Å²) in [6.07, 6.45) is 5.00. The third-order valence-electron chi connectivity index (χ3n) is 4.81. The van der Waals surface area contributed by atoms with Crippen LogP contribution in [0.2, 0.25) is 0 Å². The zero-order valence-corrected chi connectivity index (χ0v) is 15.4. The van der Waals surface area contributed by atoms with Gasteiger partial charge in [0.1, 0.15) is 18.2 Å². The number of hydrogen-bond acceptors (Lipinski definition) is 5. The van der Waals surface area contributed by atoms with E-state index >= 15 is 0 Å². The van der Waals surface area contributed by atoms with Crippen LogP contribution in [0.1, 0.15) is 49.0 Å². The Morgan fingerprint density at radius 3 is 2.81 bits per heavy atom. The van der Waals surface area contributed by atoms with Crippen LogP contribution in [0.3, 0.4) is 0 Å². The molecular weight excluding hydrogens is 334 g/mol. The molecule has 2 amide bonds. The molecule has 0 unspecified atom stereocenters. The van der Waals surface area contributed by atoms with E-state index in [-0.39, 0.29) is 29.4 Å². The van der Waals surface area contributed by atoms with Crippen LogP contribution in [-0.2, 0) is 11.8 Å². The lowest BCUT2D eigenvalue weighted by atomic mass is 9.95. The largest absolute Gasteiger partial charge is 0.459 e. The van der Waals surface area contributed by atoms with Crippen molar-refractivity contribution in [3.05, 3.63) is 36.3 Å². The molecule has 0 aliphatic carbocycles. The predicted octanol–water partition coefficient (Wildman–Crippen LogP) is 1.57. The van der Waals surface area contributed by atoms with E-state index < -0.39 is 6.04 Å². The van der Waals surface area contributed by atoms with Gasteiger partial charge in [-0.05, 0) is 30.9 Å². The summed E-state index contributed by atoms with van der Waals surface area (Å²) in [5.74, 6) is 0.795. The first-order valence-corrected chi connectivity index (χ1v) is 8.94. The fourth-order valence-electron chi connectivity index (χ4n) is 3.38. The smallest absolute Gasteiger partial charge is 0.287 e. The summed E-state index contributed by atoms with van der Waals surface area (Å²) in [6, 6.07) is 2.64. The lowest BCUT2D eigenvalue weighted by molar-refractivity contribution is -0.135. The fourth-order valence-corrected chi connectivity index (χ4v) is 3.38. The highest BCUT2D eigenvalue weighted by Gasteiger charge is 2.33. The molecule has 2 atom stereocenters. The van der Waals surface area contributed by atoms with Crippen molar-refractivity contribution in [1.29, 1.82) is 0 Å². The highest BCUT2D eigenvalue weighted by atomic mass is 16.3. The van der Waals surface area contributed by atoms with Crippen molar-refractivity contribution in [2.75, 3.05) is 13.1 Å². The summed E-state index contributed by atoms with van der Waals surface area (Å²) in [6.45, 7) is 5.13. The summed E-state index contributed by atoms with van der Waals surface area (Å²) >= 11 is 0. The molecule has 2 aromatic rings. The summed E-state index contributed by atoms with van der Waals surface area (Å²) in [5.41, 5.74) is 0. The third kappa shape index (κ3) is 3.79. The Morgan fingerprint density at radius 2 is 2.19 bits per heavy atom. The van der Waals surface area contributed by atoms with Gasteiger partial charge < -0.3 is 19.2 Å². The second-order valence-electron chi connectivity index (χ2n) is 7.10. The molecule has 1 saturated heterocycles. The van der Waals surface area contributed by atoms with Gasteiger partial charge in [-0.15, -0.1) is 10.2 Å². The molecule has 26 heavy (non-hydrogen) atoms. The molecular formula is C18H25N5O3. The molecule has 1 fully saturated rings. The van der Waals surface area contributed by atoms with Crippen molar-refractivity contribution in [3.63, 3.8) is 0 Å². The summed E-state index contributed by atoms with van der Waals surface area (Å²) in [4.78, 5) is 27.2. The number of amides is 2. The number of furan rings is 1. The van der Waals surface area contributed by atoms with E-state index in [1.54, 1.807) is 18.5 Å². The SMILES string of the molecule is CC(C)[C@@H](NC(=O)c1ccco1)C(=O)N1CCC[C@H](c2nncn2C)C1.